The first-order valence-corrected chi connectivity index (χ1v) is 10.4. The number of amides is 1. The molecule has 2 N–H and O–H groups in total. The topological polar surface area (TPSA) is 88.4 Å². The number of sulfonamides is 1. The van der Waals surface area contributed by atoms with Crippen molar-refractivity contribution in [3.8, 4) is 0 Å². The summed E-state index contributed by atoms with van der Waals surface area (Å²) in [6.07, 6.45) is 1.71. The van der Waals surface area contributed by atoms with Crippen molar-refractivity contribution in [3.05, 3.63) is 89.3 Å². The first-order valence-electron chi connectivity index (χ1n) is 8.56. The lowest BCUT2D eigenvalue weighted by Crippen LogP contribution is -2.47. The van der Waals surface area contributed by atoms with Crippen LogP contribution in [0.5, 0.6) is 0 Å². The molecule has 0 aliphatic rings. The van der Waals surface area contributed by atoms with Crippen molar-refractivity contribution in [1.29, 1.82) is 0 Å². The minimum Gasteiger partial charge on any atom is -0.467 e. The fourth-order valence-electron chi connectivity index (χ4n) is 2.62. The summed E-state index contributed by atoms with van der Waals surface area (Å²) < 4.78 is 33.1. The largest absolute Gasteiger partial charge is 0.467 e. The van der Waals surface area contributed by atoms with E-state index in [1.165, 1.54) is 30.5 Å². The average Bonchev–Trinajstić information content (AvgIpc) is 3.20. The van der Waals surface area contributed by atoms with Gasteiger partial charge in [-0.05, 0) is 48.4 Å². The molecule has 0 spiro atoms. The number of carbonyl (C=O) groups excluding carboxylic acids is 1. The van der Waals surface area contributed by atoms with Gasteiger partial charge in [0, 0.05) is 5.02 Å². The predicted molar refractivity (Wildman–Crippen MR) is 106 cm³/mol. The van der Waals surface area contributed by atoms with Crippen LogP contribution in [-0.2, 0) is 27.8 Å². The Morgan fingerprint density at radius 3 is 2.36 bits per heavy atom. The lowest BCUT2D eigenvalue weighted by molar-refractivity contribution is -0.122. The monoisotopic (exact) mass is 418 g/mol. The summed E-state index contributed by atoms with van der Waals surface area (Å²) >= 11 is 5.83. The number of hydrogen-bond donors (Lipinski definition) is 2. The summed E-state index contributed by atoms with van der Waals surface area (Å²) in [7, 11) is -3.91. The van der Waals surface area contributed by atoms with E-state index in [-0.39, 0.29) is 17.9 Å². The number of nitrogens with one attached hydrogen (secondary N) is 2. The Labute approximate surface area is 168 Å². The summed E-state index contributed by atoms with van der Waals surface area (Å²) in [5.74, 6) is 0.130. The number of carbonyl (C=O) groups is 1. The Balaban J connectivity index is 1.78. The molecule has 0 saturated heterocycles. The van der Waals surface area contributed by atoms with E-state index in [2.05, 4.69) is 10.0 Å². The molecule has 146 valence electrons. The minimum absolute atomic E-state index is 0.0359. The van der Waals surface area contributed by atoms with Gasteiger partial charge in [0.2, 0.25) is 15.9 Å². The van der Waals surface area contributed by atoms with Crippen LogP contribution in [0.1, 0.15) is 11.3 Å². The van der Waals surface area contributed by atoms with Gasteiger partial charge >= 0.3 is 0 Å². The third-order valence-electron chi connectivity index (χ3n) is 4.04. The lowest BCUT2D eigenvalue weighted by atomic mass is 10.1. The van der Waals surface area contributed by atoms with Crippen molar-refractivity contribution in [1.82, 2.24) is 10.0 Å². The van der Waals surface area contributed by atoms with Crippen LogP contribution in [0.4, 0.5) is 0 Å². The van der Waals surface area contributed by atoms with E-state index in [0.717, 1.165) is 5.56 Å². The summed E-state index contributed by atoms with van der Waals surface area (Å²) in [6, 6.07) is 17.4. The Bertz CT molecular complexity index is 1000. The summed E-state index contributed by atoms with van der Waals surface area (Å²) in [4.78, 5) is 12.7. The van der Waals surface area contributed by atoms with Gasteiger partial charge < -0.3 is 9.73 Å². The Hall–Kier alpha value is -2.61. The van der Waals surface area contributed by atoms with Crippen LogP contribution in [0, 0.1) is 0 Å². The van der Waals surface area contributed by atoms with E-state index < -0.39 is 22.0 Å². The van der Waals surface area contributed by atoms with Gasteiger partial charge in [-0.25, -0.2) is 8.42 Å². The molecule has 1 aromatic heterocycles. The van der Waals surface area contributed by atoms with Gasteiger partial charge in [0.15, 0.2) is 0 Å². The summed E-state index contributed by atoms with van der Waals surface area (Å²) in [6.45, 7) is 0.166. The number of furan rings is 1. The predicted octanol–water partition coefficient (Wildman–Crippen LogP) is 3.14. The molecule has 0 fully saturated rings. The van der Waals surface area contributed by atoms with Crippen molar-refractivity contribution in [2.24, 2.45) is 0 Å². The highest BCUT2D eigenvalue weighted by atomic mass is 35.5. The second-order valence-electron chi connectivity index (χ2n) is 6.11. The third kappa shape index (κ3) is 5.45. The van der Waals surface area contributed by atoms with Gasteiger partial charge in [0.25, 0.3) is 0 Å². The van der Waals surface area contributed by atoms with Gasteiger partial charge in [-0.3, -0.25) is 4.79 Å². The second-order valence-corrected chi connectivity index (χ2v) is 8.27. The fraction of sp³-hybridized carbons (Fsp3) is 0.150. The number of halogens is 1. The van der Waals surface area contributed by atoms with Crippen molar-refractivity contribution in [3.63, 3.8) is 0 Å². The van der Waals surface area contributed by atoms with Crippen LogP contribution < -0.4 is 10.0 Å². The molecule has 8 heteroatoms. The Morgan fingerprint density at radius 1 is 1.00 bits per heavy atom. The number of benzene rings is 2. The molecule has 2 aromatic carbocycles. The molecular weight excluding hydrogens is 400 g/mol. The molecule has 0 saturated carbocycles. The molecule has 0 unspecified atom stereocenters. The van der Waals surface area contributed by atoms with E-state index in [1.807, 2.05) is 30.3 Å². The maximum Gasteiger partial charge on any atom is 0.241 e. The van der Waals surface area contributed by atoms with E-state index >= 15 is 0 Å². The number of rotatable bonds is 8. The van der Waals surface area contributed by atoms with Crippen LogP contribution in [-0.4, -0.2) is 20.4 Å². The zero-order chi connectivity index (χ0) is 20.0. The quantitative estimate of drug-likeness (QED) is 0.588. The van der Waals surface area contributed by atoms with Gasteiger partial charge in [-0.1, -0.05) is 41.9 Å². The van der Waals surface area contributed by atoms with E-state index in [1.54, 1.807) is 12.1 Å². The van der Waals surface area contributed by atoms with Gasteiger partial charge in [0.05, 0.1) is 17.7 Å². The summed E-state index contributed by atoms with van der Waals surface area (Å²) in [5.41, 5.74) is 0.833. The van der Waals surface area contributed by atoms with Crippen molar-refractivity contribution in [2.75, 3.05) is 0 Å². The van der Waals surface area contributed by atoms with E-state index in [4.69, 9.17) is 16.0 Å². The molecule has 1 heterocycles. The zero-order valence-electron chi connectivity index (χ0n) is 14.8. The van der Waals surface area contributed by atoms with Gasteiger partial charge in [0.1, 0.15) is 11.8 Å². The third-order valence-corrected chi connectivity index (χ3v) is 5.78. The molecule has 0 aliphatic carbocycles. The molecule has 3 rings (SSSR count). The molecular formula is C20H19ClN2O4S. The molecule has 3 aromatic rings. The Morgan fingerprint density at radius 2 is 1.71 bits per heavy atom. The van der Waals surface area contributed by atoms with E-state index in [9.17, 15) is 13.2 Å². The van der Waals surface area contributed by atoms with Crippen LogP contribution in [0.3, 0.4) is 0 Å². The second kappa shape index (κ2) is 9.05. The molecule has 0 radical (unpaired) electrons. The SMILES string of the molecule is O=C(NCc1ccco1)[C@H](Cc1ccccc1)NS(=O)(=O)c1ccc(Cl)cc1. The summed E-state index contributed by atoms with van der Waals surface area (Å²) in [5, 5.41) is 3.13. The van der Waals surface area contributed by atoms with Gasteiger partial charge in [-0.2, -0.15) is 4.72 Å². The highest BCUT2D eigenvalue weighted by Crippen LogP contribution is 2.15. The molecule has 1 atom stereocenters. The molecule has 1 amide bonds. The van der Waals surface area contributed by atoms with Crippen LogP contribution in [0.25, 0.3) is 0 Å². The highest BCUT2D eigenvalue weighted by Gasteiger charge is 2.26. The zero-order valence-corrected chi connectivity index (χ0v) is 16.4. The molecule has 0 bridgehead atoms. The van der Waals surface area contributed by atoms with Crippen LogP contribution in [0.15, 0.2) is 82.3 Å². The average molecular weight is 419 g/mol. The highest BCUT2D eigenvalue weighted by molar-refractivity contribution is 7.89. The normalized spacial score (nSPS) is 12.5. The fourth-order valence-corrected chi connectivity index (χ4v) is 3.94. The number of hydrogen-bond acceptors (Lipinski definition) is 4. The standard InChI is InChI=1S/C20H19ClN2O4S/c21-16-8-10-18(11-9-16)28(25,26)23-19(13-15-5-2-1-3-6-15)20(24)22-14-17-7-4-12-27-17/h1-12,19,23H,13-14H2,(H,22,24)/t19-/m0/s1. The van der Waals surface area contributed by atoms with Crippen LogP contribution >= 0.6 is 11.6 Å². The van der Waals surface area contributed by atoms with Crippen LogP contribution in [0.2, 0.25) is 5.02 Å². The van der Waals surface area contributed by atoms with E-state index in [0.29, 0.717) is 10.8 Å². The van der Waals surface area contributed by atoms with Crippen molar-refractivity contribution >= 4 is 27.5 Å². The lowest BCUT2D eigenvalue weighted by Gasteiger charge is -2.18. The first-order chi connectivity index (χ1) is 13.4. The molecule has 6 nitrogen and oxygen atoms in total. The van der Waals surface area contributed by atoms with Gasteiger partial charge in [-0.15, -0.1) is 0 Å². The molecule has 28 heavy (non-hydrogen) atoms. The smallest absolute Gasteiger partial charge is 0.241 e. The first kappa shape index (κ1) is 20.1. The molecule has 0 aliphatic heterocycles. The van der Waals surface area contributed by atoms with Crippen molar-refractivity contribution in [2.45, 2.75) is 23.9 Å². The van der Waals surface area contributed by atoms with Crippen molar-refractivity contribution < 1.29 is 17.6 Å². The minimum atomic E-state index is -3.91. The maximum absolute atomic E-state index is 12.7. The maximum atomic E-state index is 12.7. The Kier molecular flexibility index (Phi) is 6.51.